The lowest BCUT2D eigenvalue weighted by Crippen LogP contribution is -2.39. The molecule has 6 nitrogen and oxygen atoms in total. The lowest BCUT2D eigenvalue weighted by Gasteiger charge is -2.36. The molecule has 3 heterocycles. The number of methoxy groups -OCH3 is 1. The summed E-state index contributed by atoms with van der Waals surface area (Å²) in [6, 6.07) is 9.99. The first-order valence-corrected chi connectivity index (χ1v) is 11.3. The van der Waals surface area contributed by atoms with Crippen molar-refractivity contribution >= 4 is 11.9 Å². The SMILES string of the molecule is C.COc1cc(/C=C2\CCCN3C2=NOCC[C@@H]3c2ccc(F)c(F)c2)ccc1-n1cnc(C)c1. The normalized spacial score (nSPS) is 18.7. The molecule has 3 aromatic rings. The third-order valence-corrected chi connectivity index (χ3v) is 6.28. The van der Waals surface area contributed by atoms with Gasteiger partial charge in [0.15, 0.2) is 17.5 Å². The van der Waals surface area contributed by atoms with Crippen LogP contribution in [0.2, 0.25) is 0 Å². The first kappa shape index (κ1) is 24.4. The zero-order valence-corrected chi connectivity index (χ0v) is 19.2. The number of amidine groups is 1. The number of aryl methyl sites for hydroxylation is 1. The smallest absolute Gasteiger partial charge is 0.171 e. The number of hydrogen-bond donors (Lipinski definition) is 0. The summed E-state index contributed by atoms with van der Waals surface area (Å²) in [6.07, 6.45) is 8.21. The molecule has 2 aliphatic rings. The topological polar surface area (TPSA) is 51.9 Å². The van der Waals surface area contributed by atoms with Crippen molar-refractivity contribution in [2.75, 3.05) is 20.3 Å². The molecule has 0 unspecified atom stereocenters. The van der Waals surface area contributed by atoms with Gasteiger partial charge in [-0.15, -0.1) is 0 Å². The molecule has 184 valence electrons. The molecule has 35 heavy (non-hydrogen) atoms. The summed E-state index contributed by atoms with van der Waals surface area (Å²) in [5.74, 6) is -0.205. The Kier molecular flexibility index (Phi) is 7.19. The molecule has 8 heteroatoms. The molecular formula is C27H30F2N4O2. The van der Waals surface area contributed by atoms with E-state index in [9.17, 15) is 8.78 Å². The standard InChI is InChI=1S/C26H26F2N4O2.CH4/c1-17-15-31(16-29-17)24-8-5-18(13-25(24)33-2)12-20-4-3-10-32-23(9-11-34-30-26(20)32)19-6-7-21(27)22(28)14-19;/h5-8,12-16,23H,3-4,9-11H2,1-2H3;1H4/b20-12+;/t23-;/m1./s1. The fourth-order valence-corrected chi connectivity index (χ4v) is 4.64. The molecule has 0 amide bonds. The minimum absolute atomic E-state index is 0. The van der Waals surface area contributed by atoms with Gasteiger partial charge in [-0.2, -0.15) is 0 Å². The van der Waals surface area contributed by atoms with Crippen LogP contribution in [0, 0.1) is 18.6 Å². The molecule has 0 N–H and O–H groups in total. The third-order valence-electron chi connectivity index (χ3n) is 6.28. The molecular weight excluding hydrogens is 450 g/mol. The van der Waals surface area contributed by atoms with E-state index in [1.165, 1.54) is 12.1 Å². The zero-order chi connectivity index (χ0) is 23.7. The highest BCUT2D eigenvalue weighted by atomic mass is 19.2. The molecule has 0 radical (unpaired) electrons. The van der Waals surface area contributed by atoms with Crippen molar-refractivity contribution in [2.24, 2.45) is 5.16 Å². The molecule has 1 atom stereocenters. The molecule has 5 rings (SSSR count). The third kappa shape index (κ3) is 4.92. The van der Waals surface area contributed by atoms with Crippen molar-refractivity contribution in [2.45, 2.75) is 39.7 Å². The average Bonchev–Trinajstić information content (AvgIpc) is 3.15. The van der Waals surface area contributed by atoms with Crippen LogP contribution < -0.4 is 4.74 Å². The molecule has 2 aromatic carbocycles. The van der Waals surface area contributed by atoms with Gasteiger partial charge in [0.25, 0.3) is 0 Å². The number of nitrogens with zero attached hydrogens (tertiary/aromatic N) is 4. The second-order valence-electron chi connectivity index (χ2n) is 8.55. The Morgan fingerprint density at radius 3 is 2.74 bits per heavy atom. The van der Waals surface area contributed by atoms with Crippen LogP contribution in [0.25, 0.3) is 11.8 Å². The second kappa shape index (κ2) is 10.3. The van der Waals surface area contributed by atoms with Crippen LogP contribution >= 0.6 is 0 Å². The Labute approximate surface area is 204 Å². The van der Waals surface area contributed by atoms with Crippen molar-refractivity contribution in [3.05, 3.63) is 83.0 Å². The summed E-state index contributed by atoms with van der Waals surface area (Å²) in [5, 5.41) is 4.41. The highest BCUT2D eigenvalue weighted by Crippen LogP contribution is 2.35. The Balaban J connectivity index is 0.00000289. The Bertz CT molecular complexity index is 1270. The van der Waals surface area contributed by atoms with Crippen LogP contribution in [0.3, 0.4) is 0 Å². The van der Waals surface area contributed by atoms with E-state index >= 15 is 0 Å². The number of halogens is 2. The fraction of sp³-hybridized carbons (Fsp3) is 0.333. The quantitative estimate of drug-likeness (QED) is 0.456. The number of piperidine rings is 1. The van der Waals surface area contributed by atoms with Gasteiger partial charge in [-0.05, 0) is 66.8 Å². The Morgan fingerprint density at radius 2 is 2.00 bits per heavy atom. The molecule has 0 bridgehead atoms. The van der Waals surface area contributed by atoms with E-state index in [1.54, 1.807) is 19.5 Å². The van der Waals surface area contributed by atoms with Gasteiger partial charge in [-0.3, -0.25) is 0 Å². The number of benzene rings is 2. The van der Waals surface area contributed by atoms with Crippen LogP contribution in [0.4, 0.5) is 8.78 Å². The predicted molar refractivity (Wildman–Crippen MR) is 133 cm³/mol. The number of hydrogen-bond acceptors (Lipinski definition) is 5. The first-order chi connectivity index (χ1) is 16.5. The van der Waals surface area contributed by atoms with Crippen molar-refractivity contribution in [3.63, 3.8) is 0 Å². The summed E-state index contributed by atoms with van der Waals surface area (Å²) in [7, 11) is 1.65. The number of aromatic nitrogens is 2. The Morgan fingerprint density at radius 1 is 1.14 bits per heavy atom. The van der Waals surface area contributed by atoms with E-state index < -0.39 is 11.6 Å². The maximum Gasteiger partial charge on any atom is 0.171 e. The summed E-state index contributed by atoms with van der Waals surface area (Å²) >= 11 is 0. The molecule has 0 spiro atoms. The van der Waals surface area contributed by atoms with Gasteiger partial charge in [0, 0.05) is 19.2 Å². The average molecular weight is 481 g/mol. The number of ether oxygens (including phenoxy) is 1. The lowest BCUT2D eigenvalue weighted by atomic mass is 9.95. The highest BCUT2D eigenvalue weighted by Gasteiger charge is 2.31. The largest absolute Gasteiger partial charge is 0.495 e. The van der Waals surface area contributed by atoms with E-state index in [-0.39, 0.29) is 13.5 Å². The fourth-order valence-electron chi connectivity index (χ4n) is 4.64. The predicted octanol–water partition coefficient (Wildman–Crippen LogP) is 6.06. The van der Waals surface area contributed by atoms with Gasteiger partial charge >= 0.3 is 0 Å². The maximum absolute atomic E-state index is 14.0. The van der Waals surface area contributed by atoms with Crippen LogP contribution in [0.5, 0.6) is 5.75 Å². The summed E-state index contributed by atoms with van der Waals surface area (Å²) in [6.45, 7) is 3.12. The number of rotatable bonds is 4. The van der Waals surface area contributed by atoms with Gasteiger partial charge < -0.3 is 19.0 Å². The molecule has 0 saturated carbocycles. The molecule has 1 saturated heterocycles. The molecule has 1 fully saturated rings. The number of imidazole rings is 1. The lowest BCUT2D eigenvalue weighted by molar-refractivity contribution is 0.140. The highest BCUT2D eigenvalue weighted by molar-refractivity contribution is 6.02. The monoisotopic (exact) mass is 480 g/mol. The molecule has 1 aromatic heterocycles. The van der Waals surface area contributed by atoms with Crippen LogP contribution in [-0.2, 0) is 4.84 Å². The van der Waals surface area contributed by atoms with Gasteiger partial charge in [-0.25, -0.2) is 13.8 Å². The Hall–Kier alpha value is -3.68. The first-order valence-electron chi connectivity index (χ1n) is 11.3. The summed E-state index contributed by atoms with van der Waals surface area (Å²) in [4.78, 5) is 12.0. The van der Waals surface area contributed by atoms with Gasteiger partial charge in [0.05, 0.1) is 30.9 Å². The van der Waals surface area contributed by atoms with Gasteiger partial charge in [0.1, 0.15) is 12.4 Å². The number of oxime groups is 1. The minimum Gasteiger partial charge on any atom is -0.495 e. The van der Waals surface area contributed by atoms with Crippen LogP contribution in [0.1, 0.15) is 49.6 Å². The van der Waals surface area contributed by atoms with E-state index in [0.717, 1.165) is 59.1 Å². The van der Waals surface area contributed by atoms with Crippen molar-refractivity contribution in [3.8, 4) is 11.4 Å². The van der Waals surface area contributed by atoms with Crippen molar-refractivity contribution in [1.82, 2.24) is 14.5 Å². The zero-order valence-electron chi connectivity index (χ0n) is 19.2. The summed E-state index contributed by atoms with van der Waals surface area (Å²) < 4.78 is 35.1. The molecule has 0 aliphatic carbocycles. The maximum atomic E-state index is 14.0. The van der Waals surface area contributed by atoms with E-state index in [2.05, 4.69) is 21.1 Å². The summed E-state index contributed by atoms with van der Waals surface area (Å²) in [5.41, 5.74) is 4.57. The van der Waals surface area contributed by atoms with Crippen LogP contribution in [-0.4, -0.2) is 40.5 Å². The molecule has 2 aliphatic heterocycles. The van der Waals surface area contributed by atoms with Crippen molar-refractivity contribution in [1.29, 1.82) is 0 Å². The minimum atomic E-state index is -0.843. The van der Waals surface area contributed by atoms with E-state index in [4.69, 9.17) is 9.57 Å². The van der Waals surface area contributed by atoms with Crippen LogP contribution in [0.15, 0.2) is 59.7 Å². The van der Waals surface area contributed by atoms with Crippen molar-refractivity contribution < 1.29 is 18.4 Å². The van der Waals surface area contributed by atoms with E-state index in [1.807, 2.05) is 35.9 Å². The number of fused-ring (bicyclic) bond motifs is 1. The van der Waals surface area contributed by atoms with Gasteiger partial charge in [0.2, 0.25) is 0 Å². The second-order valence-corrected chi connectivity index (χ2v) is 8.55. The van der Waals surface area contributed by atoms with Gasteiger partial charge in [-0.1, -0.05) is 24.7 Å². The van der Waals surface area contributed by atoms with E-state index in [0.29, 0.717) is 13.0 Å².